The molecule has 0 bridgehead atoms. The molecule has 0 amide bonds. The second-order valence-corrected chi connectivity index (χ2v) is 7.12. The number of methoxy groups -OCH3 is 1. The van der Waals surface area contributed by atoms with Crippen LogP contribution in [-0.2, 0) is 0 Å². The summed E-state index contributed by atoms with van der Waals surface area (Å²) in [4.78, 5) is 4.62. The van der Waals surface area contributed by atoms with Gasteiger partial charge in [-0.15, -0.1) is 10.2 Å². The minimum atomic E-state index is -0.390. The quantitative estimate of drug-likeness (QED) is 0.651. The third-order valence-corrected chi connectivity index (χ3v) is 5.23. The maximum atomic E-state index is 6.24. The smallest absolute Gasteiger partial charge is 0.247 e. The molecule has 0 saturated carbocycles. The van der Waals surface area contributed by atoms with E-state index in [0.717, 1.165) is 34.7 Å². The van der Waals surface area contributed by atoms with Crippen molar-refractivity contribution in [3.8, 4) is 22.9 Å². The molecule has 2 aromatic carbocycles. The molecule has 0 saturated heterocycles. The van der Waals surface area contributed by atoms with Crippen molar-refractivity contribution in [2.24, 2.45) is 0 Å². The Morgan fingerprint density at radius 3 is 2.70 bits per heavy atom. The zero-order valence-corrected chi connectivity index (χ0v) is 16.0. The molecule has 1 aliphatic heterocycles. The molecule has 1 unspecified atom stereocenters. The second-order valence-electron chi connectivity index (χ2n) is 6.06. The lowest BCUT2D eigenvalue weighted by Gasteiger charge is -2.19. The van der Waals surface area contributed by atoms with Crippen LogP contribution < -0.4 is 14.8 Å². The summed E-state index contributed by atoms with van der Waals surface area (Å²) in [6.07, 6.45) is 0.657. The van der Waals surface area contributed by atoms with Gasteiger partial charge in [-0.2, -0.15) is 4.98 Å². The van der Waals surface area contributed by atoms with Crippen LogP contribution in [0.25, 0.3) is 11.3 Å². The van der Waals surface area contributed by atoms with Crippen LogP contribution in [0.4, 0.5) is 5.69 Å². The predicted molar refractivity (Wildman–Crippen MR) is 106 cm³/mol. The molecule has 0 aliphatic carbocycles. The van der Waals surface area contributed by atoms with Gasteiger partial charge in [0.05, 0.1) is 7.11 Å². The highest BCUT2D eigenvalue weighted by Crippen LogP contribution is 2.39. The largest absolute Gasteiger partial charge is 0.497 e. The second kappa shape index (κ2) is 7.84. The highest BCUT2D eigenvalue weighted by molar-refractivity contribution is 7.99. The molecular weight excluding hydrogens is 360 g/mol. The van der Waals surface area contributed by atoms with E-state index in [1.165, 1.54) is 0 Å². The fourth-order valence-corrected chi connectivity index (χ4v) is 3.46. The fourth-order valence-electron chi connectivity index (χ4n) is 2.83. The average molecular weight is 380 g/mol. The minimum Gasteiger partial charge on any atom is -0.497 e. The van der Waals surface area contributed by atoms with Crippen LogP contribution in [0.1, 0.15) is 25.1 Å². The Labute approximate surface area is 162 Å². The fraction of sp³-hybridized carbons (Fsp3) is 0.250. The number of thioether (sulfide) groups is 1. The van der Waals surface area contributed by atoms with Crippen molar-refractivity contribution in [1.82, 2.24) is 15.2 Å². The number of benzene rings is 2. The first-order chi connectivity index (χ1) is 13.3. The average Bonchev–Trinajstić information content (AvgIpc) is 2.88. The van der Waals surface area contributed by atoms with Gasteiger partial charge in [0.1, 0.15) is 5.75 Å². The Hall–Kier alpha value is -2.80. The van der Waals surface area contributed by atoms with Crippen molar-refractivity contribution in [3.05, 3.63) is 54.1 Å². The summed E-state index contributed by atoms with van der Waals surface area (Å²) in [5.74, 6) is 2.23. The number of rotatable bonds is 5. The van der Waals surface area contributed by atoms with E-state index in [0.29, 0.717) is 16.7 Å². The number of hydrogen-bond donors (Lipinski definition) is 1. The summed E-state index contributed by atoms with van der Waals surface area (Å²) in [5.41, 5.74) is 3.48. The van der Waals surface area contributed by atoms with Crippen LogP contribution in [0.3, 0.4) is 0 Å². The molecule has 27 heavy (non-hydrogen) atoms. The molecule has 2 heterocycles. The highest BCUT2D eigenvalue weighted by atomic mass is 32.2. The van der Waals surface area contributed by atoms with E-state index in [-0.39, 0.29) is 6.23 Å². The lowest BCUT2D eigenvalue weighted by Crippen LogP contribution is -2.17. The van der Waals surface area contributed by atoms with Crippen molar-refractivity contribution in [1.29, 1.82) is 0 Å². The SMILES string of the molecule is CCCSc1nnc2c(n1)OC(c1ccc(OC)cc1)Nc1ccccc1-2. The normalized spacial score (nSPS) is 15.0. The number of fused-ring (bicyclic) bond motifs is 3. The number of nitrogens with one attached hydrogen (secondary N) is 1. The van der Waals surface area contributed by atoms with E-state index in [1.54, 1.807) is 18.9 Å². The summed E-state index contributed by atoms with van der Waals surface area (Å²) in [6.45, 7) is 2.13. The molecule has 1 N–H and O–H groups in total. The Morgan fingerprint density at radius 2 is 1.93 bits per heavy atom. The number of hydrogen-bond acceptors (Lipinski definition) is 7. The van der Waals surface area contributed by atoms with E-state index in [4.69, 9.17) is 9.47 Å². The summed E-state index contributed by atoms with van der Waals surface area (Å²) in [6, 6.07) is 15.7. The Morgan fingerprint density at radius 1 is 1.11 bits per heavy atom. The molecule has 1 aromatic heterocycles. The van der Waals surface area contributed by atoms with Gasteiger partial charge in [0.15, 0.2) is 11.9 Å². The first kappa shape index (κ1) is 17.6. The molecule has 0 radical (unpaired) electrons. The van der Waals surface area contributed by atoms with Crippen molar-refractivity contribution >= 4 is 17.4 Å². The monoisotopic (exact) mass is 380 g/mol. The molecule has 3 aromatic rings. The summed E-state index contributed by atoms with van der Waals surface area (Å²) >= 11 is 1.58. The third-order valence-electron chi connectivity index (χ3n) is 4.19. The molecule has 1 aliphatic rings. The molecule has 0 fully saturated rings. The maximum absolute atomic E-state index is 6.24. The first-order valence-electron chi connectivity index (χ1n) is 8.82. The van der Waals surface area contributed by atoms with Crippen LogP contribution in [0.15, 0.2) is 53.7 Å². The molecule has 7 heteroatoms. The van der Waals surface area contributed by atoms with E-state index in [1.807, 2.05) is 48.5 Å². The maximum Gasteiger partial charge on any atom is 0.247 e. The third kappa shape index (κ3) is 3.68. The number of ether oxygens (including phenoxy) is 2. The van der Waals surface area contributed by atoms with Crippen molar-refractivity contribution in [3.63, 3.8) is 0 Å². The van der Waals surface area contributed by atoms with Crippen LogP contribution in [0.2, 0.25) is 0 Å². The van der Waals surface area contributed by atoms with Crippen LogP contribution in [0, 0.1) is 0 Å². The van der Waals surface area contributed by atoms with Gasteiger partial charge >= 0.3 is 0 Å². The number of anilines is 1. The molecule has 1 atom stereocenters. The number of aromatic nitrogens is 3. The van der Waals surface area contributed by atoms with Gasteiger partial charge in [0.25, 0.3) is 0 Å². The Kier molecular flexibility index (Phi) is 5.11. The minimum absolute atomic E-state index is 0.390. The van der Waals surface area contributed by atoms with Crippen molar-refractivity contribution in [2.75, 3.05) is 18.2 Å². The molecule has 4 rings (SSSR count). The van der Waals surface area contributed by atoms with Gasteiger partial charge in [-0.25, -0.2) is 0 Å². The van der Waals surface area contributed by atoms with Crippen molar-refractivity contribution in [2.45, 2.75) is 24.7 Å². The lowest BCUT2D eigenvalue weighted by atomic mass is 10.1. The summed E-state index contributed by atoms with van der Waals surface area (Å²) in [5, 5.41) is 12.8. The molecule has 0 spiro atoms. The first-order valence-corrected chi connectivity index (χ1v) is 9.81. The van der Waals surface area contributed by atoms with E-state index >= 15 is 0 Å². The van der Waals surface area contributed by atoms with Crippen LogP contribution in [-0.4, -0.2) is 28.0 Å². The molecular formula is C20H20N4O2S. The topological polar surface area (TPSA) is 69.2 Å². The molecule has 6 nitrogen and oxygen atoms in total. The van der Waals surface area contributed by atoms with Gasteiger partial charge in [-0.05, 0) is 36.8 Å². The van der Waals surface area contributed by atoms with Gasteiger partial charge in [0.2, 0.25) is 11.0 Å². The highest BCUT2D eigenvalue weighted by Gasteiger charge is 2.25. The standard InChI is InChI=1S/C20H20N4O2S/c1-3-12-27-20-22-19-17(23-24-20)15-6-4-5-7-16(15)21-18(26-19)13-8-10-14(25-2)11-9-13/h4-11,18,21H,3,12H2,1-2H3. The van der Waals surface area contributed by atoms with Gasteiger partial charge < -0.3 is 14.8 Å². The van der Waals surface area contributed by atoms with Crippen LogP contribution in [0.5, 0.6) is 11.6 Å². The van der Waals surface area contributed by atoms with Crippen molar-refractivity contribution < 1.29 is 9.47 Å². The van der Waals surface area contributed by atoms with E-state index < -0.39 is 0 Å². The zero-order valence-electron chi connectivity index (χ0n) is 15.2. The lowest BCUT2D eigenvalue weighted by molar-refractivity contribution is 0.225. The number of nitrogens with zero attached hydrogens (tertiary/aromatic N) is 3. The molecule has 138 valence electrons. The van der Waals surface area contributed by atoms with Crippen LogP contribution >= 0.6 is 11.8 Å². The van der Waals surface area contributed by atoms with E-state index in [9.17, 15) is 0 Å². The summed E-state index contributed by atoms with van der Waals surface area (Å²) in [7, 11) is 1.65. The Balaban J connectivity index is 1.75. The van der Waals surface area contributed by atoms with Gasteiger partial charge in [-0.3, -0.25) is 0 Å². The summed E-state index contributed by atoms with van der Waals surface area (Å²) < 4.78 is 11.5. The van der Waals surface area contributed by atoms with Gasteiger partial charge in [-0.1, -0.05) is 36.9 Å². The zero-order chi connectivity index (χ0) is 18.6. The predicted octanol–water partition coefficient (Wildman–Crippen LogP) is 4.55. The van der Waals surface area contributed by atoms with E-state index in [2.05, 4.69) is 27.4 Å². The Bertz CT molecular complexity index is 934. The van der Waals surface area contributed by atoms with Gasteiger partial charge in [0, 0.05) is 22.6 Å². The number of para-hydroxylation sites is 1.